The molecule has 1 fully saturated rings. The van der Waals surface area contributed by atoms with Crippen LogP contribution >= 0.6 is 11.6 Å². The molecule has 12 heteroatoms. The molecule has 0 amide bonds. The Labute approximate surface area is 199 Å². The summed E-state index contributed by atoms with van der Waals surface area (Å²) in [5, 5.41) is 14.5. The van der Waals surface area contributed by atoms with Crippen molar-refractivity contribution in [1.29, 1.82) is 0 Å². The zero-order valence-corrected chi connectivity index (χ0v) is 19.0. The first-order chi connectivity index (χ1) is 16.1. The predicted octanol–water partition coefficient (Wildman–Crippen LogP) is 4.40. The van der Waals surface area contributed by atoms with Gasteiger partial charge in [-0.2, -0.15) is 18.3 Å². The molecule has 0 spiro atoms. The summed E-state index contributed by atoms with van der Waals surface area (Å²) in [5.74, 6) is -1.06. The minimum Gasteiger partial charge on any atom is -0.490 e. The monoisotopic (exact) mass is 497 g/mol. The van der Waals surface area contributed by atoms with E-state index in [0.717, 1.165) is 17.9 Å². The van der Waals surface area contributed by atoms with Crippen molar-refractivity contribution in [2.75, 3.05) is 23.0 Å². The summed E-state index contributed by atoms with van der Waals surface area (Å²) < 4.78 is 46.1. The number of piperidine rings is 1. The average molecular weight is 498 g/mol. The van der Waals surface area contributed by atoms with Crippen molar-refractivity contribution in [2.45, 2.75) is 44.5 Å². The summed E-state index contributed by atoms with van der Waals surface area (Å²) >= 11 is 5.83. The smallest absolute Gasteiger partial charge is 0.431 e. The molecule has 0 aliphatic carbocycles. The van der Waals surface area contributed by atoms with Crippen LogP contribution in [0.1, 0.15) is 26.2 Å². The molecule has 0 radical (unpaired) electrons. The van der Waals surface area contributed by atoms with E-state index in [2.05, 4.69) is 15.1 Å². The number of benzene rings is 1. The maximum atomic E-state index is 13.3. The number of rotatable bonds is 6. The van der Waals surface area contributed by atoms with Gasteiger partial charge in [-0.3, -0.25) is 9.80 Å². The van der Waals surface area contributed by atoms with Crippen LogP contribution in [0.5, 0.6) is 5.75 Å². The van der Waals surface area contributed by atoms with Gasteiger partial charge in [-0.25, -0.2) is 9.97 Å². The van der Waals surface area contributed by atoms with E-state index in [0.29, 0.717) is 35.5 Å². The molecule has 0 bridgehead atoms. The van der Waals surface area contributed by atoms with Crippen LogP contribution < -0.4 is 14.6 Å². The lowest BCUT2D eigenvalue weighted by molar-refractivity contribution is -0.137. The van der Waals surface area contributed by atoms with Crippen molar-refractivity contribution in [3.63, 3.8) is 0 Å². The zero-order chi connectivity index (χ0) is 24.5. The van der Waals surface area contributed by atoms with E-state index < -0.39 is 36.2 Å². The second-order valence-electron chi connectivity index (χ2n) is 8.28. The number of halogens is 4. The molecule has 1 aromatic heterocycles. The van der Waals surface area contributed by atoms with E-state index in [1.165, 1.54) is 6.92 Å². The first-order valence-electron chi connectivity index (χ1n) is 10.8. The molecule has 1 N–H and O–H groups in total. The molecule has 34 heavy (non-hydrogen) atoms. The van der Waals surface area contributed by atoms with Gasteiger partial charge >= 0.3 is 12.1 Å². The Kier molecular flexibility index (Phi) is 6.83. The largest absolute Gasteiger partial charge is 0.490 e. The summed E-state index contributed by atoms with van der Waals surface area (Å²) in [4.78, 5) is 21.7. The quantitative estimate of drug-likeness (QED) is 0.632. The van der Waals surface area contributed by atoms with Gasteiger partial charge in [-0.05, 0) is 24.3 Å². The van der Waals surface area contributed by atoms with Gasteiger partial charge < -0.3 is 14.7 Å². The summed E-state index contributed by atoms with van der Waals surface area (Å²) in [6.45, 7) is 2.77. The molecule has 1 aromatic carbocycles. The van der Waals surface area contributed by atoms with Crippen LogP contribution in [-0.4, -0.2) is 58.2 Å². The van der Waals surface area contributed by atoms with Gasteiger partial charge in [-0.1, -0.05) is 18.5 Å². The number of hydrogen-bond donors (Lipinski definition) is 1. The van der Waals surface area contributed by atoms with Crippen LogP contribution in [-0.2, 0) is 4.79 Å². The number of nitrogens with zero attached hydrogens (tertiary/aromatic N) is 5. The standard InChI is InChI=1S/C22H23ClF3N5O3/c1-13-18(10-19(32)33)31(29-20(13)22(24,25)26)15-2-4-16(5-3-15)34-17-6-8-30(9-7-17)21-27-11-14(23)12-28-21/h2-5,11-13,17-18H,6-10H2,1H3,(H,32,33)/t13-,18-/m0/s1. The third-order valence-electron chi connectivity index (χ3n) is 5.95. The van der Waals surface area contributed by atoms with Crippen LogP contribution in [0.2, 0.25) is 5.02 Å². The molecular formula is C22H23ClF3N5O3. The van der Waals surface area contributed by atoms with Crippen LogP contribution in [0.15, 0.2) is 41.8 Å². The van der Waals surface area contributed by atoms with Gasteiger partial charge in [0.15, 0.2) is 0 Å². The number of alkyl halides is 3. The third kappa shape index (κ3) is 5.35. The Morgan fingerprint density at radius 3 is 2.35 bits per heavy atom. The van der Waals surface area contributed by atoms with Crippen molar-refractivity contribution in [3.8, 4) is 5.75 Å². The van der Waals surface area contributed by atoms with E-state index in [-0.39, 0.29) is 6.10 Å². The van der Waals surface area contributed by atoms with Crippen molar-refractivity contribution in [3.05, 3.63) is 41.7 Å². The maximum absolute atomic E-state index is 13.3. The number of carbonyl (C=O) groups is 1. The highest BCUT2D eigenvalue weighted by Gasteiger charge is 2.48. The fourth-order valence-corrected chi connectivity index (χ4v) is 4.29. The molecule has 0 saturated carbocycles. The van der Waals surface area contributed by atoms with Crippen LogP contribution in [0, 0.1) is 5.92 Å². The second kappa shape index (κ2) is 9.65. The van der Waals surface area contributed by atoms with E-state index in [1.807, 2.05) is 4.90 Å². The van der Waals surface area contributed by atoms with Gasteiger partial charge in [0.05, 0.1) is 35.6 Å². The number of anilines is 2. The number of aliphatic carboxylic acids is 1. The number of hydrazone groups is 1. The molecule has 2 aliphatic heterocycles. The lowest BCUT2D eigenvalue weighted by Gasteiger charge is -2.32. The zero-order valence-electron chi connectivity index (χ0n) is 18.2. The number of ether oxygens (including phenoxy) is 1. The minimum atomic E-state index is -4.63. The molecule has 8 nitrogen and oxygen atoms in total. The molecular weight excluding hydrogens is 475 g/mol. The second-order valence-corrected chi connectivity index (χ2v) is 8.72. The van der Waals surface area contributed by atoms with E-state index in [4.69, 9.17) is 16.3 Å². The minimum absolute atomic E-state index is 0.0316. The topological polar surface area (TPSA) is 91.2 Å². The highest BCUT2D eigenvalue weighted by molar-refractivity contribution is 6.30. The SMILES string of the molecule is C[C@@H]1C(C(F)(F)F)=NN(c2ccc(OC3CCN(c4ncc(Cl)cn4)CC3)cc2)[C@H]1CC(=O)O. The number of carboxylic acid groups (broad SMARTS) is 1. The fourth-order valence-electron chi connectivity index (χ4n) is 4.19. The Morgan fingerprint density at radius 2 is 1.79 bits per heavy atom. The van der Waals surface area contributed by atoms with Gasteiger partial charge in [0.1, 0.15) is 17.6 Å². The first-order valence-corrected chi connectivity index (χ1v) is 11.2. The van der Waals surface area contributed by atoms with Crippen molar-refractivity contribution < 1.29 is 27.8 Å². The molecule has 182 valence electrons. The van der Waals surface area contributed by atoms with E-state index in [1.54, 1.807) is 36.7 Å². The normalized spacial score (nSPS) is 21.5. The van der Waals surface area contributed by atoms with Crippen molar-refractivity contribution in [1.82, 2.24) is 9.97 Å². The Balaban J connectivity index is 1.40. The van der Waals surface area contributed by atoms with Crippen LogP contribution in [0.25, 0.3) is 0 Å². The van der Waals surface area contributed by atoms with E-state index >= 15 is 0 Å². The number of aromatic nitrogens is 2. The first kappa shape index (κ1) is 24.1. The Hall–Kier alpha value is -3.08. The predicted molar refractivity (Wildman–Crippen MR) is 121 cm³/mol. The summed E-state index contributed by atoms with van der Waals surface area (Å²) in [6.07, 6.45) is -0.515. The lowest BCUT2D eigenvalue weighted by Crippen LogP contribution is -2.39. The van der Waals surface area contributed by atoms with Crippen molar-refractivity contribution >= 4 is 34.9 Å². The Morgan fingerprint density at radius 1 is 1.18 bits per heavy atom. The van der Waals surface area contributed by atoms with Crippen LogP contribution in [0.4, 0.5) is 24.8 Å². The van der Waals surface area contributed by atoms with E-state index in [9.17, 15) is 23.1 Å². The summed E-state index contributed by atoms with van der Waals surface area (Å²) in [6, 6.07) is 5.58. The summed E-state index contributed by atoms with van der Waals surface area (Å²) in [7, 11) is 0. The molecule has 2 aliphatic rings. The Bertz CT molecular complexity index is 1040. The molecule has 2 atom stereocenters. The summed E-state index contributed by atoms with van der Waals surface area (Å²) in [5.41, 5.74) is -0.602. The highest BCUT2D eigenvalue weighted by atomic mass is 35.5. The van der Waals surface area contributed by atoms with Gasteiger partial charge in [0.25, 0.3) is 0 Å². The highest BCUT2D eigenvalue weighted by Crippen LogP contribution is 2.37. The maximum Gasteiger partial charge on any atom is 0.431 e. The lowest BCUT2D eigenvalue weighted by atomic mass is 9.94. The molecule has 1 saturated heterocycles. The van der Waals surface area contributed by atoms with Gasteiger partial charge in [0, 0.05) is 31.8 Å². The average Bonchev–Trinajstić information content (AvgIpc) is 3.11. The molecule has 2 aromatic rings. The fraction of sp³-hybridized carbons (Fsp3) is 0.455. The third-order valence-corrected chi connectivity index (χ3v) is 6.14. The number of hydrogen-bond acceptors (Lipinski definition) is 7. The number of carboxylic acids is 1. The molecule has 3 heterocycles. The van der Waals surface area contributed by atoms with Crippen molar-refractivity contribution in [2.24, 2.45) is 11.0 Å². The van der Waals surface area contributed by atoms with Crippen LogP contribution in [0.3, 0.4) is 0 Å². The van der Waals surface area contributed by atoms with Gasteiger partial charge in [-0.15, -0.1) is 0 Å². The molecule has 4 rings (SSSR count). The van der Waals surface area contributed by atoms with Gasteiger partial charge in [0.2, 0.25) is 5.95 Å². The molecule has 0 unspecified atom stereocenters.